The number of carbonyl (C=O) groups is 1. The van der Waals surface area contributed by atoms with Crippen molar-refractivity contribution in [1.29, 1.82) is 0 Å². The Morgan fingerprint density at radius 2 is 1.87 bits per heavy atom. The van der Waals surface area contributed by atoms with Crippen molar-refractivity contribution in [2.75, 3.05) is 5.75 Å². The number of hydrogen-bond donors (Lipinski definition) is 0. The molecule has 0 amide bonds. The van der Waals surface area contributed by atoms with Crippen LogP contribution in [0.3, 0.4) is 0 Å². The van der Waals surface area contributed by atoms with Gasteiger partial charge in [-0.15, -0.1) is 0 Å². The maximum Gasteiger partial charge on any atom is 0.206 e. The first-order valence-electron chi connectivity index (χ1n) is 4.10. The van der Waals surface area contributed by atoms with E-state index in [0.29, 0.717) is 16.4 Å². The van der Waals surface area contributed by atoms with E-state index in [0.717, 1.165) is 0 Å². The average Bonchev–Trinajstić information content (AvgIpc) is 2.16. The summed E-state index contributed by atoms with van der Waals surface area (Å²) in [6.07, 6.45) is 0. The molecule has 0 heterocycles. The number of hydrogen-bond acceptors (Lipinski definition) is 5. The molecule has 82 valence electrons. The van der Waals surface area contributed by atoms with E-state index >= 15 is 0 Å². The summed E-state index contributed by atoms with van der Waals surface area (Å²) in [5.74, 6) is -2.07. The summed E-state index contributed by atoms with van der Waals surface area (Å²) in [6, 6.07) is 8.60. The fraction of sp³-hybridized carbons (Fsp3) is 0.222. The van der Waals surface area contributed by atoms with E-state index in [1.165, 1.54) is 0 Å². The van der Waals surface area contributed by atoms with Crippen molar-refractivity contribution in [1.82, 2.24) is 0 Å². The standard InChI is InChI=1S/C9H10O4S2/c10-9(11)6-14-15(12,13)7-8-4-2-1-3-5-8/h1-5H,6-7H2,(H,10,11)/p-1. The van der Waals surface area contributed by atoms with Gasteiger partial charge in [-0.2, -0.15) is 0 Å². The lowest BCUT2D eigenvalue weighted by atomic mass is 10.2. The van der Waals surface area contributed by atoms with Crippen molar-refractivity contribution in [2.24, 2.45) is 0 Å². The molecule has 1 aromatic carbocycles. The molecule has 0 unspecified atom stereocenters. The maximum atomic E-state index is 11.4. The molecule has 0 aliphatic rings. The molecule has 0 saturated heterocycles. The fourth-order valence-electron chi connectivity index (χ4n) is 0.958. The molecule has 15 heavy (non-hydrogen) atoms. The molecule has 0 fully saturated rings. The minimum absolute atomic E-state index is 0.161. The van der Waals surface area contributed by atoms with Gasteiger partial charge in [0, 0.05) is 5.75 Å². The van der Waals surface area contributed by atoms with E-state index in [1.54, 1.807) is 30.3 Å². The molecule has 0 spiro atoms. The third kappa shape index (κ3) is 4.85. The zero-order valence-electron chi connectivity index (χ0n) is 7.75. The van der Waals surface area contributed by atoms with E-state index in [-0.39, 0.29) is 5.75 Å². The number of carboxylic acids is 1. The van der Waals surface area contributed by atoms with Crippen LogP contribution in [0.15, 0.2) is 30.3 Å². The third-order valence-corrected chi connectivity index (χ3v) is 4.73. The Bertz CT molecular complexity index is 425. The predicted octanol–water partition coefficient (Wildman–Crippen LogP) is -0.000500. The van der Waals surface area contributed by atoms with Crippen LogP contribution in [0.2, 0.25) is 0 Å². The quantitative estimate of drug-likeness (QED) is 0.683. The van der Waals surface area contributed by atoms with Crippen molar-refractivity contribution in [2.45, 2.75) is 5.75 Å². The van der Waals surface area contributed by atoms with Gasteiger partial charge in [0.15, 0.2) is 0 Å². The number of aliphatic carboxylic acids is 1. The molecule has 0 saturated carbocycles. The van der Waals surface area contributed by atoms with Crippen molar-refractivity contribution in [3.8, 4) is 0 Å². The van der Waals surface area contributed by atoms with Crippen LogP contribution in [0.25, 0.3) is 0 Å². The van der Waals surface area contributed by atoms with Gasteiger partial charge in [0.25, 0.3) is 0 Å². The summed E-state index contributed by atoms with van der Waals surface area (Å²) in [5.41, 5.74) is 0.642. The van der Waals surface area contributed by atoms with E-state index in [9.17, 15) is 18.3 Å². The third-order valence-electron chi connectivity index (χ3n) is 1.54. The molecule has 0 radical (unpaired) electrons. The van der Waals surface area contributed by atoms with Gasteiger partial charge in [0.05, 0.1) is 11.7 Å². The SMILES string of the molecule is O=C([O-])CSS(=O)(=O)Cc1ccccc1. The lowest BCUT2D eigenvalue weighted by Gasteiger charge is -2.04. The van der Waals surface area contributed by atoms with Gasteiger partial charge in [0.1, 0.15) is 0 Å². The highest BCUT2D eigenvalue weighted by atomic mass is 33.1. The van der Waals surface area contributed by atoms with Crippen LogP contribution in [0, 0.1) is 0 Å². The Hall–Kier alpha value is -1.01. The lowest BCUT2D eigenvalue weighted by molar-refractivity contribution is -0.301. The lowest BCUT2D eigenvalue weighted by Crippen LogP contribution is -2.25. The molecule has 0 aliphatic carbocycles. The van der Waals surface area contributed by atoms with Crippen LogP contribution in [-0.2, 0) is 19.4 Å². The summed E-state index contributed by atoms with van der Waals surface area (Å²) >= 11 is 0. The second-order valence-electron chi connectivity index (χ2n) is 2.82. The zero-order chi connectivity index (χ0) is 11.3. The highest BCUT2D eigenvalue weighted by molar-refractivity contribution is 8.71. The number of benzene rings is 1. The first kappa shape index (κ1) is 12.1. The summed E-state index contributed by atoms with van der Waals surface area (Å²) in [4.78, 5) is 10.1. The van der Waals surface area contributed by atoms with Crippen LogP contribution >= 0.6 is 10.8 Å². The van der Waals surface area contributed by atoms with E-state index in [4.69, 9.17) is 0 Å². The van der Waals surface area contributed by atoms with Crippen LogP contribution < -0.4 is 5.11 Å². The van der Waals surface area contributed by atoms with Crippen molar-refractivity contribution < 1.29 is 18.3 Å². The monoisotopic (exact) mass is 245 g/mol. The molecule has 0 aliphatic heterocycles. The molecule has 6 heteroatoms. The molecular formula is C9H9O4S2-. The fourth-order valence-corrected chi connectivity index (χ4v) is 3.40. The highest BCUT2D eigenvalue weighted by Crippen LogP contribution is 2.17. The Morgan fingerprint density at radius 1 is 1.27 bits per heavy atom. The summed E-state index contributed by atoms with van der Waals surface area (Å²) in [6.45, 7) is 0. The van der Waals surface area contributed by atoms with Gasteiger partial charge in [-0.25, -0.2) is 8.42 Å². The molecule has 1 rings (SSSR count). The van der Waals surface area contributed by atoms with Crippen LogP contribution in [-0.4, -0.2) is 20.1 Å². The van der Waals surface area contributed by atoms with E-state index in [1.807, 2.05) is 0 Å². The Morgan fingerprint density at radius 3 is 2.40 bits per heavy atom. The van der Waals surface area contributed by atoms with Crippen LogP contribution in [0.1, 0.15) is 5.56 Å². The Balaban J connectivity index is 2.61. The zero-order valence-corrected chi connectivity index (χ0v) is 9.38. The largest absolute Gasteiger partial charge is 0.549 e. The molecule has 0 atom stereocenters. The average molecular weight is 245 g/mol. The minimum Gasteiger partial charge on any atom is -0.549 e. The van der Waals surface area contributed by atoms with Gasteiger partial charge in [-0.3, -0.25) is 0 Å². The number of carbonyl (C=O) groups excluding carboxylic acids is 1. The number of carboxylic acid groups (broad SMARTS) is 1. The van der Waals surface area contributed by atoms with Gasteiger partial charge >= 0.3 is 0 Å². The minimum atomic E-state index is -3.43. The topological polar surface area (TPSA) is 74.3 Å². The molecule has 0 aromatic heterocycles. The first-order valence-corrected chi connectivity index (χ1v) is 7.26. The van der Waals surface area contributed by atoms with Gasteiger partial charge < -0.3 is 9.90 Å². The maximum absolute atomic E-state index is 11.4. The van der Waals surface area contributed by atoms with E-state index < -0.39 is 20.6 Å². The molecule has 0 bridgehead atoms. The van der Waals surface area contributed by atoms with Crippen molar-refractivity contribution >= 4 is 25.6 Å². The van der Waals surface area contributed by atoms with Gasteiger partial charge in [-0.05, 0) is 16.4 Å². The molecule has 0 N–H and O–H groups in total. The molecule has 4 nitrogen and oxygen atoms in total. The number of rotatable bonds is 5. The predicted molar refractivity (Wildman–Crippen MR) is 56.5 cm³/mol. The molecule has 1 aromatic rings. The summed E-state index contributed by atoms with van der Waals surface area (Å²) in [7, 11) is -3.04. The second-order valence-corrected chi connectivity index (χ2v) is 6.98. The summed E-state index contributed by atoms with van der Waals surface area (Å²) in [5, 5.41) is 10.1. The molecular weight excluding hydrogens is 236 g/mol. The smallest absolute Gasteiger partial charge is 0.206 e. The normalized spacial score (nSPS) is 11.2. The van der Waals surface area contributed by atoms with Crippen LogP contribution in [0.4, 0.5) is 0 Å². The highest BCUT2D eigenvalue weighted by Gasteiger charge is 2.12. The summed E-state index contributed by atoms with van der Waals surface area (Å²) < 4.78 is 22.8. The first-order chi connectivity index (χ1) is 6.99. The van der Waals surface area contributed by atoms with E-state index in [2.05, 4.69) is 0 Å². The second kappa shape index (κ2) is 5.18. The Kier molecular flexibility index (Phi) is 4.16. The van der Waals surface area contributed by atoms with Crippen molar-refractivity contribution in [3.05, 3.63) is 35.9 Å². The van der Waals surface area contributed by atoms with Gasteiger partial charge in [-0.1, -0.05) is 30.3 Å². The Labute approximate surface area is 91.6 Å². The van der Waals surface area contributed by atoms with Crippen molar-refractivity contribution in [3.63, 3.8) is 0 Å². The van der Waals surface area contributed by atoms with Gasteiger partial charge in [0.2, 0.25) is 8.87 Å². The van der Waals surface area contributed by atoms with Crippen LogP contribution in [0.5, 0.6) is 0 Å².